The molecule has 0 spiro atoms. The highest BCUT2D eigenvalue weighted by atomic mass is 16.8. The van der Waals surface area contributed by atoms with Crippen molar-refractivity contribution in [1.29, 1.82) is 0 Å². The summed E-state index contributed by atoms with van der Waals surface area (Å²) in [4.78, 5) is 0. The van der Waals surface area contributed by atoms with Gasteiger partial charge in [-0.25, -0.2) is 0 Å². The van der Waals surface area contributed by atoms with Crippen molar-refractivity contribution in [2.45, 2.75) is 57.1 Å². The van der Waals surface area contributed by atoms with Crippen LogP contribution in [0.5, 0.6) is 0 Å². The van der Waals surface area contributed by atoms with E-state index < -0.39 is 42.2 Å². The van der Waals surface area contributed by atoms with E-state index in [-0.39, 0.29) is 0 Å². The molecule has 1 saturated heterocycles. The molecule has 5 nitrogen and oxygen atoms in total. The largest absolute Gasteiger partial charge is 0.390 e. The zero-order chi connectivity index (χ0) is 11.4. The lowest BCUT2D eigenvalue weighted by molar-refractivity contribution is -0.163. The van der Waals surface area contributed by atoms with Crippen LogP contribution in [0.3, 0.4) is 0 Å². The maximum absolute atomic E-state index is 9.89. The molecule has 0 aromatic rings. The summed E-state index contributed by atoms with van der Waals surface area (Å²) in [6.45, 7) is 5.13. The molecule has 2 fully saturated rings. The number of hydrogen-bond acceptors (Lipinski definition) is 5. The average molecular weight is 218 g/mol. The molecular weight excluding hydrogens is 200 g/mol. The summed E-state index contributed by atoms with van der Waals surface area (Å²) in [6, 6.07) is 0. The monoisotopic (exact) mass is 218 g/mol. The van der Waals surface area contributed by atoms with Gasteiger partial charge >= 0.3 is 0 Å². The second-order valence-corrected chi connectivity index (χ2v) is 4.90. The van der Waals surface area contributed by atoms with Crippen LogP contribution in [0.1, 0.15) is 20.8 Å². The Morgan fingerprint density at radius 3 is 1.87 bits per heavy atom. The van der Waals surface area contributed by atoms with Gasteiger partial charge in [0.1, 0.15) is 18.3 Å². The van der Waals surface area contributed by atoms with E-state index in [4.69, 9.17) is 9.47 Å². The zero-order valence-corrected chi connectivity index (χ0v) is 9.12. The summed E-state index contributed by atoms with van der Waals surface area (Å²) in [7, 11) is 0. The molecule has 0 amide bonds. The minimum absolute atomic E-state index is 0.418. The van der Waals surface area contributed by atoms with Crippen LogP contribution < -0.4 is 0 Å². The van der Waals surface area contributed by atoms with Gasteiger partial charge in [0.15, 0.2) is 5.79 Å². The summed E-state index contributed by atoms with van der Waals surface area (Å²) in [5, 5.41) is 29.4. The van der Waals surface area contributed by atoms with Crippen molar-refractivity contribution in [3.8, 4) is 0 Å². The lowest BCUT2D eigenvalue weighted by Crippen LogP contribution is -2.59. The standard InChI is InChI=1S/C10H18O5/c1-4-5(11)7(13)9-8(6(4)12)14-10(2,3)15-9/h4-9,11-13H,1-3H3/t4-,5-,6+,7+,8+,9-/m1/s1. The van der Waals surface area contributed by atoms with Gasteiger partial charge in [-0.15, -0.1) is 0 Å². The van der Waals surface area contributed by atoms with Gasteiger partial charge in [-0.2, -0.15) is 0 Å². The Balaban J connectivity index is 2.23. The molecule has 3 N–H and O–H groups in total. The van der Waals surface area contributed by atoms with E-state index in [0.29, 0.717) is 0 Å². The average Bonchev–Trinajstić information content (AvgIpc) is 2.48. The van der Waals surface area contributed by atoms with Crippen LogP contribution in [-0.2, 0) is 9.47 Å². The van der Waals surface area contributed by atoms with Gasteiger partial charge in [0.05, 0.1) is 12.2 Å². The van der Waals surface area contributed by atoms with Crippen molar-refractivity contribution in [2.75, 3.05) is 0 Å². The van der Waals surface area contributed by atoms with Gasteiger partial charge in [-0.3, -0.25) is 0 Å². The van der Waals surface area contributed by atoms with Gasteiger partial charge in [0.25, 0.3) is 0 Å². The van der Waals surface area contributed by atoms with E-state index in [2.05, 4.69) is 0 Å². The summed E-state index contributed by atoms with van der Waals surface area (Å²) in [6.07, 6.45) is -4.00. The molecular formula is C10H18O5. The number of ether oxygens (including phenoxy) is 2. The number of aliphatic hydroxyl groups excluding tert-OH is 3. The SMILES string of the molecule is C[C@@H]1[C@@H](O)[C@H](O)[C@H]2OC(C)(C)O[C@H]2[C@H]1O. The zero-order valence-electron chi connectivity index (χ0n) is 9.12. The molecule has 15 heavy (non-hydrogen) atoms. The van der Waals surface area contributed by atoms with Gasteiger partial charge in [0.2, 0.25) is 0 Å². The van der Waals surface area contributed by atoms with Crippen molar-refractivity contribution in [3.63, 3.8) is 0 Å². The van der Waals surface area contributed by atoms with Gasteiger partial charge in [-0.1, -0.05) is 6.92 Å². The molecule has 88 valence electrons. The van der Waals surface area contributed by atoms with Crippen molar-refractivity contribution in [3.05, 3.63) is 0 Å². The van der Waals surface area contributed by atoms with Crippen LogP contribution in [0.4, 0.5) is 0 Å². The molecule has 0 aromatic heterocycles. The Labute approximate surface area is 88.6 Å². The van der Waals surface area contributed by atoms with E-state index >= 15 is 0 Å². The second kappa shape index (κ2) is 3.40. The second-order valence-electron chi connectivity index (χ2n) is 4.90. The van der Waals surface area contributed by atoms with Crippen LogP contribution >= 0.6 is 0 Å². The summed E-state index contributed by atoms with van der Waals surface area (Å²) in [5.74, 6) is -1.24. The van der Waals surface area contributed by atoms with E-state index in [1.165, 1.54) is 0 Å². The first-order valence-corrected chi connectivity index (χ1v) is 5.23. The number of aliphatic hydroxyl groups is 3. The smallest absolute Gasteiger partial charge is 0.164 e. The normalized spacial score (nSPS) is 54.0. The maximum Gasteiger partial charge on any atom is 0.164 e. The van der Waals surface area contributed by atoms with Gasteiger partial charge in [0, 0.05) is 5.92 Å². The number of fused-ring (bicyclic) bond motifs is 1. The first kappa shape index (κ1) is 11.3. The molecule has 2 rings (SSSR count). The first-order chi connectivity index (χ1) is 6.83. The molecule has 1 saturated carbocycles. The molecule has 2 aliphatic rings. The third-order valence-electron chi connectivity index (χ3n) is 3.26. The van der Waals surface area contributed by atoms with Crippen LogP contribution in [0, 0.1) is 5.92 Å². The molecule has 0 bridgehead atoms. The fourth-order valence-corrected chi connectivity index (χ4v) is 2.35. The topological polar surface area (TPSA) is 79.2 Å². The molecule has 0 unspecified atom stereocenters. The summed E-state index contributed by atoms with van der Waals surface area (Å²) >= 11 is 0. The van der Waals surface area contributed by atoms with E-state index in [0.717, 1.165) is 0 Å². The molecule has 1 aliphatic heterocycles. The Bertz CT molecular complexity index is 230. The summed E-state index contributed by atoms with van der Waals surface area (Å²) < 4.78 is 11.0. The van der Waals surface area contributed by atoms with E-state index in [1.807, 2.05) is 0 Å². The van der Waals surface area contributed by atoms with Crippen LogP contribution in [0.15, 0.2) is 0 Å². The van der Waals surface area contributed by atoms with Gasteiger partial charge < -0.3 is 24.8 Å². The van der Waals surface area contributed by atoms with Gasteiger partial charge in [-0.05, 0) is 13.8 Å². The lowest BCUT2D eigenvalue weighted by Gasteiger charge is -2.39. The highest BCUT2D eigenvalue weighted by Crippen LogP contribution is 2.39. The Morgan fingerprint density at radius 1 is 0.867 bits per heavy atom. The molecule has 6 atom stereocenters. The van der Waals surface area contributed by atoms with Crippen LogP contribution in [-0.4, -0.2) is 51.6 Å². The predicted molar refractivity (Wildman–Crippen MR) is 51.0 cm³/mol. The van der Waals surface area contributed by atoms with Crippen molar-refractivity contribution in [1.82, 2.24) is 0 Å². The Hall–Kier alpha value is -0.200. The first-order valence-electron chi connectivity index (χ1n) is 5.23. The molecule has 1 heterocycles. The molecule has 1 aliphatic carbocycles. The molecule has 5 heteroatoms. The number of rotatable bonds is 0. The van der Waals surface area contributed by atoms with E-state index in [9.17, 15) is 15.3 Å². The minimum Gasteiger partial charge on any atom is -0.390 e. The third-order valence-corrected chi connectivity index (χ3v) is 3.26. The number of hydrogen-bond donors (Lipinski definition) is 3. The molecule has 0 radical (unpaired) electrons. The summed E-state index contributed by atoms with van der Waals surface area (Å²) in [5.41, 5.74) is 0. The van der Waals surface area contributed by atoms with Crippen molar-refractivity contribution in [2.24, 2.45) is 5.92 Å². The van der Waals surface area contributed by atoms with Crippen LogP contribution in [0.2, 0.25) is 0 Å². The minimum atomic E-state index is -1.00. The lowest BCUT2D eigenvalue weighted by atomic mass is 9.80. The third kappa shape index (κ3) is 1.68. The fourth-order valence-electron chi connectivity index (χ4n) is 2.35. The molecule has 0 aromatic carbocycles. The van der Waals surface area contributed by atoms with E-state index in [1.54, 1.807) is 20.8 Å². The fraction of sp³-hybridized carbons (Fsp3) is 1.00. The quantitative estimate of drug-likeness (QED) is 0.498. The highest BCUT2D eigenvalue weighted by molar-refractivity contribution is 5.01. The Morgan fingerprint density at radius 2 is 1.33 bits per heavy atom. The highest BCUT2D eigenvalue weighted by Gasteiger charge is 2.55. The van der Waals surface area contributed by atoms with Crippen LogP contribution in [0.25, 0.3) is 0 Å². The maximum atomic E-state index is 9.89. The predicted octanol–water partition coefficient (Wildman–Crippen LogP) is -0.761. The Kier molecular flexibility index (Phi) is 2.56. The van der Waals surface area contributed by atoms with Crippen molar-refractivity contribution >= 4 is 0 Å². The van der Waals surface area contributed by atoms with Crippen molar-refractivity contribution < 1.29 is 24.8 Å².